The summed E-state index contributed by atoms with van der Waals surface area (Å²) in [5, 5.41) is 0.612. The highest BCUT2D eigenvalue weighted by Gasteiger charge is 2.21. The van der Waals surface area contributed by atoms with Gasteiger partial charge in [-0.05, 0) is 29.7 Å². The van der Waals surface area contributed by atoms with Crippen LogP contribution in [0.15, 0.2) is 48.5 Å². The molecule has 6 heteroatoms. The van der Waals surface area contributed by atoms with E-state index in [-0.39, 0.29) is 16.8 Å². The number of aromatic nitrogens is 1. The molecule has 0 saturated heterocycles. The highest BCUT2D eigenvalue weighted by Crippen LogP contribution is 2.31. The van der Waals surface area contributed by atoms with Gasteiger partial charge in [0.05, 0.1) is 22.5 Å². The lowest BCUT2D eigenvalue weighted by atomic mass is 10.2. The van der Waals surface area contributed by atoms with Crippen LogP contribution < -0.4 is 4.90 Å². The largest absolute Gasteiger partial charge is 0.288 e. The van der Waals surface area contributed by atoms with Gasteiger partial charge in [-0.15, -0.1) is 0 Å². The molecule has 1 aromatic heterocycles. The van der Waals surface area contributed by atoms with Gasteiger partial charge < -0.3 is 0 Å². The molecule has 3 rings (SSSR count). The summed E-state index contributed by atoms with van der Waals surface area (Å²) in [5.74, 6) is 0.0157. The third kappa shape index (κ3) is 4.51. The van der Waals surface area contributed by atoms with E-state index in [0.717, 1.165) is 34.0 Å². The highest BCUT2D eigenvalue weighted by atomic mass is 32.2. The maximum absolute atomic E-state index is 12.8. The molecule has 26 heavy (non-hydrogen) atoms. The van der Waals surface area contributed by atoms with Crippen LogP contribution in [-0.4, -0.2) is 21.8 Å². The number of rotatable bonds is 6. The van der Waals surface area contributed by atoms with Gasteiger partial charge in [-0.2, -0.15) is 0 Å². The van der Waals surface area contributed by atoms with Crippen molar-refractivity contribution >= 4 is 49.5 Å². The number of benzene rings is 2. The topological polar surface area (TPSA) is 50.3 Å². The van der Waals surface area contributed by atoms with Crippen molar-refractivity contribution < 1.29 is 9.59 Å². The number of nitrogens with zero attached hydrogens (tertiary/aromatic N) is 2. The normalized spacial score (nSPS) is 10.8. The summed E-state index contributed by atoms with van der Waals surface area (Å²) in [6.45, 7) is 4.04. The molecule has 4 nitrogen and oxygen atoms in total. The van der Waals surface area contributed by atoms with Gasteiger partial charge in [0.2, 0.25) is 5.91 Å². The van der Waals surface area contributed by atoms with E-state index in [9.17, 15) is 9.59 Å². The van der Waals surface area contributed by atoms with Crippen molar-refractivity contribution in [3.8, 4) is 0 Å². The van der Waals surface area contributed by atoms with Gasteiger partial charge >= 0.3 is 0 Å². The Kier molecular flexibility index (Phi) is 6.06. The molecule has 0 saturated carbocycles. The van der Waals surface area contributed by atoms with Crippen molar-refractivity contribution in [1.29, 1.82) is 0 Å². The monoisotopic (exact) mass is 384 g/mol. The van der Waals surface area contributed by atoms with E-state index >= 15 is 0 Å². The van der Waals surface area contributed by atoms with Crippen LogP contribution in [0.3, 0.4) is 0 Å². The minimum atomic E-state index is -0.108. The van der Waals surface area contributed by atoms with Crippen molar-refractivity contribution in [3.05, 3.63) is 59.7 Å². The molecule has 0 bridgehead atoms. The van der Waals surface area contributed by atoms with Gasteiger partial charge in [-0.25, -0.2) is 4.98 Å². The van der Waals surface area contributed by atoms with E-state index < -0.39 is 0 Å². The van der Waals surface area contributed by atoms with Gasteiger partial charge in [-0.1, -0.05) is 66.4 Å². The first-order chi connectivity index (χ1) is 12.6. The summed E-state index contributed by atoms with van der Waals surface area (Å²) < 4.78 is 1.07. The van der Waals surface area contributed by atoms with Gasteiger partial charge in [0.25, 0.3) is 0 Å². The van der Waals surface area contributed by atoms with E-state index in [1.165, 1.54) is 23.8 Å². The molecule has 3 aromatic rings. The number of carbonyl (C=O) groups excluding carboxylic acids is 2. The lowest BCUT2D eigenvalue weighted by Crippen LogP contribution is -2.32. The number of hydrogen-bond donors (Lipinski definition) is 0. The van der Waals surface area contributed by atoms with Gasteiger partial charge in [0.1, 0.15) is 0 Å². The minimum absolute atomic E-state index is 0.0603. The zero-order valence-electron chi connectivity index (χ0n) is 14.8. The molecular formula is C20H20N2O2S2. The number of fused-ring (bicyclic) bond motifs is 1. The van der Waals surface area contributed by atoms with Crippen LogP contribution in [0.5, 0.6) is 0 Å². The van der Waals surface area contributed by atoms with E-state index in [2.05, 4.69) is 24.0 Å². The van der Waals surface area contributed by atoms with E-state index in [0.29, 0.717) is 11.7 Å². The van der Waals surface area contributed by atoms with Crippen molar-refractivity contribution in [2.24, 2.45) is 0 Å². The number of hydrogen-bond acceptors (Lipinski definition) is 5. The fourth-order valence-corrected chi connectivity index (χ4v) is 4.09. The number of thioether (sulfide) groups is 1. The number of anilines is 1. The maximum atomic E-state index is 12.8. The summed E-state index contributed by atoms with van der Waals surface area (Å²) >= 11 is 2.55. The average molecular weight is 385 g/mol. The Labute approximate surface area is 161 Å². The van der Waals surface area contributed by atoms with E-state index in [4.69, 9.17) is 0 Å². The second-order valence-electron chi connectivity index (χ2n) is 5.90. The Morgan fingerprint density at radius 1 is 1.12 bits per heavy atom. The molecule has 0 aliphatic rings. The average Bonchev–Trinajstić information content (AvgIpc) is 3.07. The molecule has 1 heterocycles. The van der Waals surface area contributed by atoms with Crippen LogP contribution in [0.1, 0.15) is 25.0 Å². The van der Waals surface area contributed by atoms with Gasteiger partial charge in [0.15, 0.2) is 10.2 Å². The SMILES string of the molecule is CCc1ccc2nc(N(Cc3ccccc3)C(=O)CSC(C)=O)sc2c1. The number of thiazole rings is 1. The fraction of sp³-hybridized carbons (Fsp3) is 0.250. The summed E-state index contributed by atoms with van der Waals surface area (Å²) in [5.41, 5.74) is 3.18. The number of carbonyl (C=O) groups is 2. The molecule has 0 fully saturated rings. The minimum Gasteiger partial charge on any atom is -0.288 e. The Morgan fingerprint density at radius 2 is 1.88 bits per heavy atom. The third-order valence-electron chi connectivity index (χ3n) is 3.96. The Hall–Kier alpha value is -2.18. The molecule has 0 N–H and O–H groups in total. The predicted octanol–water partition coefficient (Wildman–Crippen LogP) is 4.67. The van der Waals surface area contributed by atoms with Gasteiger partial charge in [0, 0.05) is 6.92 Å². The molecule has 0 aliphatic heterocycles. The second-order valence-corrected chi connectivity index (χ2v) is 8.06. The summed E-state index contributed by atoms with van der Waals surface area (Å²) in [7, 11) is 0. The molecular weight excluding hydrogens is 364 g/mol. The van der Waals surface area contributed by atoms with Crippen molar-refractivity contribution in [2.45, 2.75) is 26.8 Å². The first-order valence-electron chi connectivity index (χ1n) is 8.44. The smallest absolute Gasteiger partial charge is 0.239 e. The lowest BCUT2D eigenvalue weighted by Gasteiger charge is -2.19. The van der Waals surface area contributed by atoms with Crippen LogP contribution in [0.2, 0.25) is 0 Å². The maximum Gasteiger partial charge on any atom is 0.239 e. The fourth-order valence-electron chi connectivity index (χ4n) is 2.56. The Morgan fingerprint density at radius 3 is 2.58 bits per heavy atom. The molecule has 134 valence electrons. The van der Waals surface area contributed by atoms with Crippen molar-refractivity contribution in [2.75, 3.05) is 10.7 Å². The van der Waals surface area contributed by atoms with Gasteiger partial charge in [-0.3, -0.25) is 14.5 Å². The quantitative estimate of drug-likeness (QED) is 0.620. The Bertz CT molecular complexity index is 922. The zero-order chi connectivity index (χ0) is 18.5. The molecule has 2 aromatic carbocycles. The summed E-state index contributed by atoms with van der Waals surface area (Å²) in [4.78, 5) is 30.4. The van der Waals surface area contributed by atoms with Crippen LogP contribution in [0.4, 0.5) is 5.13 Å². The summed E-state index contributed by atoms with van der Waals surface area (Å²) in [6, 6.07) is 16.0. The van der Waals surface area contributed by atoms with Crippen LogP contribution in [0.25, 0.3) is 10.2 Å². The van der Waals surface area contributed by atoms with Crippen molar-refractivity contribution in [3.63, 3.8) is 0 Å². The van der Waals surface area contributed by atoms with Crippen LogP contribution >= 0.6 is 23.1 Å². The Balaban J connectivity index is 1.93. The molecule has 0 spiro atoms. The zero-order valence-corrected chi connectivity index (χ0v) is 16.4. The van der Waals surface area contributed by atoms with Crippen LogP contribution in [0, 0.1) is 0 Å². The standard InChI is InChI=1S/C20H20N2O2S2/c1-3-15-9-10-17-18(11-15)26-20(21-17)22(19(24)13-25-14(2)23)12-16-7-5-4-6-8-16/h4-11H,3,12-13H2,1-2H3. The first-order valence-corrected chi connectivity index (χ1v) is 10.2. The summed E-state index contributed by atoms with van der Waals surface area (Å²) in [6.07, 6.45) is 0.963. The van der Waals surface area contributed by atoms with Crippen molar-refractivity contribution in [1.82, 2.24) is 4.98 Å². The van der Waals surface area contributed by atoms with E-state index in [1.54, 1.807) is 4.90 Å². The first kappa shape index (κ1) is 18.6. The number of aryl methyl sites for hydroxylation is 1. The second kappa shape index (κ2) is 8.47. The number of amides is 1. The third-order valence-corrected chi connectivity index (χ3v) is 5.80. The molecule has 1 amide bonds. The lowest BCUT2D eigenvalue weighted by molar-refractivity contribution is -0.116. The predicted molar refractivity (Wildman–Crippen MR) is 110 cm³/mol. The molecule has 0 aliphatic carbocycles. The molecule has 0 radical (unpaired) electrons. The molecule has 0 unspecified atom stereocenters. The highest BCUT2D eigenvalue weighted by molar-refractivity contribution is 8.14. The van der Waals surface area contributed by atoms with Crippen LogP contribution in [-0.2, 0) is 22.6 Å². The molecule has 0 atom stereocenters. The van der Waals surface area contributed by atoms with E-state index in [1.807, 2.05) is 36.4 Å².